The normalized spacial score (nSPS) is 28.1. The van der Waals surface area contributed by atoms with E-state index in [0.29, 0.717) is 11.6 Å². The highest BCUT2D eigenvalue weighted by Gasteiger charge is 2.40. The van der Waals surface area contributed by atoms with Gasteiger partial charge in [-0.3, -0.25) is 4.79 Å². The van der Waals surface area contributed by atoms with E-state index in [1.807, 2.05) is 18.2 Å². The molecule has 2 heterocycles. The summed E-state index contributed by atoms with van der Waals surface area (Å²) in [6.07, 6.45) is 3.94. The van der Waals surface area contributed by atoms with Gasteiger partial charge in [0.1, 0.15) is 11.8 Å². The zero-order valence-electron chi connectivity index (χ0n) is 10.9. The van der Waals surface area contributed by atoms with Gasteiger partial charge in [-0.25, -0.2) is 0 Å². The molecule has 0 spiro atoms. The average Bonchev–Trinajstić information content (AvgIpc) is 3.15. The lowest BCUT2D eigenvalue weighted by Gasteiger charge is -2.24. The van der Waals surface area contributed by atoms with E-state index in [-0.39, 0.29) is 11.9 Å². The van der Waals surface area contributed by atoms with E-state index >= 15 is 0 Å². The third-order valence-electron chi connectivity index (χ3n) is 4.43. The molecule has 4 rings (SSSR count). The fourth-order valence-electron chi connectivity index (χ4n) is 3.40. The van der Waals surface area contributed by atoms with Crippen molar-refractivity contribution in [2.75, 3.05) is 6.54 Å². The number of nitrogens with one attached hydrogen (secondary N) is 2. The minimum Gasteiger partial charge on any atom is -0.463 e. The van der Waals surface area contributed by atoms with Gasteiger partial charge in [-0.2, -0.15) is 0 Å². The van der Waals surface area contributed by atoms with Gasteiger partial charge in [0, 0.05) is 23.0 Å². The molecule has 3 atom stereocenters. The number of carbonyl (C=O) groups excluding carboxylic acids is 1. The van der Waals surface area contributed by atoms with Gasteiger partial charge in [-0.1, -0.05) is 0 Å². The van der Waals surface area contributed by atoms with Crippen LogP contribution in [0.2, 0.25) is 0 Å². The summed E-state index contributed by atoms with van der Waals surface area (Å²) in [5, 5.41) is 7.55. The number of halogens is 1. The van der Waals surface area contributed by atoms with E-state index in [1.54, 1.807) is 6.26 Å². The molecule has 2 N–H and O–H groups in total. The van der Waals surface area contributed by atoms with E-state index in [9.17, 15) is 4.79 Å². The first-order valence-corrected chi connectivity index (χ1v) is 7.71. The Balaban J connectivity index is 1.56. The second-order valence-corrected chi connectivity index (χ2v) is 6.58. The Morgan fingerprint density at radius 1 is 1.40 bits per heavy atom. The van der Waals surface area contributed by atoms with Gasteiger partial charge in [0.15, 0.2) is 0 Å². The fourth-order valence-corrected chi connectivity index (χ4v) is 3.81. The van der Waals surface area contributed by atoms with Crippen molar-refractivity contribution in [2.45, 2.75) is 24.9 Å². The standard InChI is InChI=1S/C15H15BrN2O2/c16-11-7-20-14-2-1-9(5-10(11)14)15(19)18-13-4-8-3-12(13)17-6-8/h1-2,5,7-8,12-13,17H,3-4,6H2,(H,18,19). The first kappa shape index (κ1) is 12.4. The molecule has 2 bridgehead atoms. The zero-order chi connectivity index (χ0) is 13.7. The van der Waals surface area contributed by atoms with Gasteiger partial charge in [0.25, 0.3) is 5.91 Å². The highest BCUT2D eigenvalue weighted by Crippen LogP contribution is 2.31. The molecule has 5 heteroatoms. The summed E-state index contributed by atoms with van der Waals surface area (Å²) in [5.41, 5.74) is 1.47. The van der Waals surface area contributed by atoms with Crippen LogP contribution in [0, 0.1) is 5.92 Å². The summed E-state index contributed by atoms with van der Waals surface area (Å²) in [6.45, 7) is 1.10. The van der Waals surface area contributed by atoms with Gasteiger partial charge < -0.3 is 15.1 Å². The smallest absolute Gasteiger partial charge is 0.251 e. The first-order valence-electron chi connectivity index (χ1n) is 6.92. The number of hydrogen-bond donors (Lipinski definition) is 2. The third kappa shape index (κ3) is 1.96. The topological polar surface area (TPSA) is 54.3 Å². The lowest BCUT2D eigenvalue weighted by molar-refractivity contribution is 0.0928. The summed E-state index contributed by atoms with van der Waals surface area (Å²) in [6, 6.07) is 6.25. The molecule has 4 nitrogen and oxygen atoms in total. The summed E-state index contributed by atoms with van der Waals surface area (Å²) in [4.78, 5) is 12.4. The molecule has 1 aliphatic heterocycles. The first-order chi connectivity index (χ1) is 9.70. The lowest BCUT2D eigenvalue weighted by atomic mass is 10.1. The average molecular weight is 335 g/mol. The fraction of sp³-hybridized carbons (Fsp3) is 0.400. The highest BCUT2D eigenvalue weighted by atomic mass is 79.9. The summed E-state index contributed by atoms with van der Waals surface area (Å²) >= 11 is 3.43. The van der Waals surface area contributed by atoms with E-state index in [0.717, 1.165) is 34.3 Å². The van der Waals surface area contributed by atoms with Crippen molar-refractivity contribution in [3.8, 4) is 0 Å². The quantitative estimate of drug-likeness (QED) is 0.887. The van der Waals surface area contributed by atoms with Crippen LogP contribution < -0.4 is 10.6 Å². The molecule has 3 unspecified atom stereocenters. The van der Waals surface area contributed by atoms with Crippen LogP contribution in [0.1, 0.15) is 23.2 Å². The predicted molar refractivity (Wildman–Crippen MR) is 79.7 cm³/mol. The van der Waals surface area contributed by atoms with Crippen LogP contribution in [0.5, 0.6) is 0 Å². The van der Waals surface area contributed by atoms with Crippen LogP contribution in [0.4, 0.5) is 0 Å². The van der Waals surface area contributed by atoms with Crippen molar-refractivity contribution in [3.05, 3.63) is 34.5 Å². The van der Waals surface area contributed by atoms with Crippen LogP contribution in [0.3, 0.4) is 0 Å². The molecule has 2 aliphatic rings. The van der Waals surface area contributed by atoms with Crippen LogP contribution in [0.25, 0.3) is 11.0 Å². The monoisotopic (exact) mass is 334 g/mol. The molecule has 1 aromatic carbocycles. The Bertz CT molecular complexity index is 682. The number of piperidine rings is 1. The lowest BCUT2D eigenvalue weighted by Crippen LogP contribution is -2.47. The zero-order valence-corrected chi connectivity index (χ0v) is 12.4. The van der Waals surface area contributed by atoms with E-state index in [1.165, 1.54) is 6.42 Å². The number of amides is 1. The van der Waals surface area contributed by atoms with Crippen molar-refractivity contribution in [1.29, 1.82) is 0 Å². The van der Waals surface area contributed by atoms with Crippen molar-refractivity contribution < 1.29 is 9.21 Å². The molecule has 20 heavy (non-hydrogen) atoms. The van der Waals surface area contributed by atoms with E-state index in [2.05, 4.69) is 26.6 Å². The second-order valence-electron chi connectivity index (χ2n) is 5.73. The highest BCUT2D eigenvalue weighted by molar-refractivity contribution is 9.10. The summed E-state index contributed by atoms with van der Waals surface area (Å²) in [5.74, 6) is 0.732. The number of furan rings is 1. The Kier molecular flexibility index (Phi) is 2.86. The molecule has 2 aromatic rings. The van der Waals surface area contributed by atoms with Gasteiger partial charge in [0.05, 0.1) is 4.47 Å². The van der Waals surface area contributed by atoms with Crippen LogP contribution >= 0.6 is 15.9 Å². The molecule has 0 radical (unpaired) electrons. The van der Waals surface area contributed by atoms with Gasteiger partial charge in [-0.15, -0.1) is 0 Å². The minimum absolute atomic E-state index is 0.000602. The summed E-state index contributed by atoms with van der Waals surface area (Å²) in [7, 11) is 0. The second kappa shape index (κ2) is 4.60. The predicted octanol–water partition coefficient (Wildman–Crippen LogP) is 2.68. The van der Waals surface area contributed by atoms with Crippen molar-refractivity contribution >= 4 is 32.8 Å². The number of hydrogen-bond acceptors (Lipinski definition) is 3. The molecule has 1 aromatic heterocycles. The molecule has 1 saturated carbocycles. The minimum atomic E-state index is -0.000602. The molecule has 104 valence electrons. The Morgan fingerprint density at radius 2 is 2.30 bits per heavy atom. The Labute approximate surface area is 125 Å². The number of carbonyl (C=O) groups is 1. The number of fused-ring (bicyclic) bond motifs is 3. The molecule has 1 saturated heterocycles. The Hall–Kier alpha value is -1.33. The van der Waals surface area contributed by atoms with Crippen LogP contribution in [-0.2, 0) is 0 Å². The maximum Gasteiger partial charge on any atom is 0.251 e. The number of benzene rings is 1. The van der Waals surface area contributed by atoms with E-state index < -0.39 is 0 Å². The molecular weight excluding hydrogens is 320 g/mol. The molecular formula is C15H15BrN2O2. The SMILES string of the molecule is O=C(NC1CC2CNC1C2)c1ccc2occ(Br)c2c1. The molecule has 1 aliphatic carbocycles. The molecule has 2 fully saturated rings. The van der Waals surface area contributed by atoms with Crippen molar-refractivity contribution in [2.24, 2.45) is 5.92 Å². The number of rotatable bonds is 2. The maximum atomic E-state index is 12.4. The largest absolute Gasteiger partial charge is 0.463 e. The van der Waals surface area contributed by atoms with Crippen molar-refractivity contribution in [1.82, 2.24) is 10.6 Å². The van der Waals surface area contributed by atoms with E-state index in [4.69, 9.17) is 4.42 Å². The van der Waals surface area contributed by atoms with Crippen LogP contribution in [-0.4, -0.2) is 24.5 Å². The Morgan fingerprint density at radius 3 is 3.05 bits per heavy atom. The van der Waals surface area contributed by atoms with Crippen molar-refractivity contribution in [3.63, 3.8) is 0 Å². The maximum absolute atomic E-state index is 12.4. The van der Waals surface area contributed by atoms with Gasteiger partial charge >= 0.3 is 0 Å². The summed E-state index contributed by atoms with van der Waals surface area (Å²) < 4.78 is 6.25. The molecule has 1 amide bonds. The van der Waals surface area contributed by atoms with Gasteiger partial charge in [-0.05, 0) is 59.4 Å². The third-order valence-corrected chi connectivity index (χ3v) is 5.05. The van der Waals surface area contributed by atoms with Gasteiger partial charge in [0.2, 0.25) is 0 Å². The van der Waals surface area contributed by atoms with Crippen LogP contribution in [0.15, 0.2) is 33.4 Å².